The smallest absolute Gasteiger partial charge is 0.236 e. The summed E-state index contributed by atoms with van der Waals surface area (Å²) >= 11 is 0. The normalized spacial score (nSPS) is 15.1. The van der Waals surface area contributed by atoms with Gasteiger partial charge in [-0.3, -0.25) is 9.59 Å². The second kappa shape index (κ2) is 18.8. The van der Waals surface area contributed by atoms with Gasteiger partial charge < -0.3 is 19.3 Å². The van der Waals surface area contributed by atoms with Crippen molar-refractivity contribution < 1.29 is 19.1 Å². The monoisotopic (exact) mass is 630 g/mol. The Morgan fingerprint density at radius 3 is 1.09 bits per heavy atom. The molecule has 0 bridgehead atoms. The second-order valence-corrected chi connectivity index (χ2v) is 13.1. The highest BCUT2D eigenvalue weighted by molar-refractivity contribution is 6.21. The van der Waals surface area contributed by atoms with Crippen molar-refractivity contribution in [2.24, 2.45) is 0 Å². The lowest BCUT2D eigenvalue weighted by Crippen LogP contribution is -2.25. The van der Waals surface area contributed by atoms with Crippen molar-refractivity contribution >= 4 is 22.9 Å². The molecule has 0 saturated carbocycles. The highest BCUT2D eigenvalue weighted by atomic mass is 16.5. The SMILES string of the molecule is CCCCCCN(CCCCCC)c1ccc2c(c1)OC(=C1Oc3cc(N(CCCCCC)CCCCCC)ccc3C1=O)C2=O. The van der Waals surface area contributed by atoms with Gasteiger partial charge in [0.15, 0.2) is 0 Å². The molecule has 2 heterocycles. The minimum absolute atomic E-state index is 0.00308. The minimum Gasteiger partial charge on any atom is -0.448 e. The molecule has 2 aromatic rings. The Hall–Kier alpha value is -3.28. The number of unbranched alkanes of at least 4 members (excludes halogenated alkanes) is 12. The lowest BCUT2D eigenvalue weighted by molar-refractivity contribution is 0.0960. The van der Waals surface area contributed by atoms with Crippen LogP contribution in [0.25, 0.3) is 0 Å². The van der Waals surface area contributed by atoms with Crippen LogP contribution in [-0.4, -0.2) is 37.7 Å². The molecule has 2 aliphatic rings. The van der Waals surface area contributed by atoms with E-state index >= 15 is 0 Å². The number of hydrogen-bond acceptors (Lipinski definition) is 6. The number of carbonyl (C=O) groups excluding carboxylic acids is 2. The molecule has 2 aliphatic heterocycles. The molecule has 6 heteroatoms. The van der Waals surface area contributed by atoms with Crippen LogP contribution in [-0.2, 0) is 0 Å². The Morgan fingerprint density at radius 2 is 0.783 bits per heavy atom. The number of fused-ring (bicyclic) bond motifs is 2. The van der Waals surface area contributed by atoms with E-state index < -0.39 is 0 Å². The molecular formula is C40H58N2O4. The van der Waals surface area contributed by atoms with E-state index in [1.54, 1.807) is 0 Å². The van der Waals surface area contributed by atoms with Crippen molar-refractivity contribution in [2.75, 3.05) is 36.0 Å². The molecule has 0 amide bonds. The standard InChI is InChI=1S/C40H58N2O4/c1-5-9-13-17-25-41(26-18-14-10-6-2)31-21-23-33-35(29-31)45-39(37(33)43)40-38(44)34-24-22-32(30-36(34)46-40)42(27-19-15-11-7-3)28-20-16-12-8-4/h21-24,29-30H,5-20,25-28H2,1-4H3. The lowest BCUT2D eigenvalue weighted by atomic mass is 10.1. The first-order valence-corrected chi connectivity index (χ1v) is 18.5. The summed E-state index contributed by atoms with van der Waals surface area (Å²) in [6.45, 7) is 12.9. The molecule has 0 fully saturated rings. The van der Waals surface area contributed by atoms with Crippen LogP contribution in [0.2, 0.25) is 0 Å². The number of rotatable bonds is 22. The largest absolute Gasteiger partial charge is 0.448 e. The van der Waals surface area contributed by atoms with E-state index in [0.717, 1.165) is 63.2 Å². The lowest BCUT2D eigenvalue weighted by Gasteiger charge is -2.25. The molecule has 0 aliphatic carbocycles. The van der Waals surface area contributed by atoms with E-state index in [2.05, 4.69) is 37.5 Å². The molecule has 0 N–H and O–H groups in total. The summed E-state index contributed by atoms with van der Waals surface area (Å²) < 4.78 is 12.3. The maximum absolute atomic E-state index is 13.5. The number of carbonyl (C=O) groups is 2. The van der Waals surface area contributed by atoms with Crippen LogP contribution in [0.5, 0.6) is 11.5 Å². The summed E-state index contributed by atoms with van der Waals surface area (Å²) in [5, 5.41) is 0. The number of benzene rings is 2. The number of nitrogens with zero attached hydrogens (tertiary/aromatic N) is 2. The molecule has 0 aromatic heterocycles. The van der Waals surface area contributed by atoms with Crippen molar-refractivity contribution in [3.63, 3.8) is 0 Å². The van der Waals surface area contributed by atoms with Crippen molar-refractivity contribution in [1.29, 1.82) is 0 Å². The number of anilines is 2. The van der Waals surface area contributed by atoms with Gasteiger partial charge in [-0.1, -0.05) is 105 Å². The predicted molar refractivity (Wildman–Crippen MR) is 191 cm³/mol. The van der Waals surface area contributed by atoms with Gasteiger partial charge in [0.2, 0.25) is 23.1 Å². The van der Waals surface area contributed by atoms with Gasteiger partial charge in [0, 0.05) is 49.7 Å². The number of Topliss-reactive ketones (excluding diaryl/α,β-unsaturated/α-hetero) is 2. The number of hydrogen-bond donors (Lipinski definition) is 0. The Balaban J connectivity index is 1.50. The van der Waals surface area contributed by atoms with Gasteiger partial charge >= 0.3 is 0 Å². The average molecular weight is 631 g/mol. The topological polar surface area (TPSA) is 59.1 Å². The Labute approximate surface area is 278 Å². The third-order valence-electron chi connectivity index (χ3n) is 9.32. The molecule has 0 spiro atoms. The van der Waals surface area contributed by atoms with Crippen LogP contribution < -0.4 is 19.3 Å². The van der Waals surface area contributed by atoms with Gasteiger partial charge in [-0.15, -0.1) is 0 Å². The number of ether oxygens (including phenoxy) is 2. The molecule has 6 nitrogen and oxygen atoms in total. The molecule has 0 radical (unpaired) electrons. The van der Waals surface area contributed by atoms with Gasteiger partial charge in [-0.25, -0.2) is 0 Å². The fourth-order valence-corrected chi connectivity index (χ4v) is 6.47. The van der Waals surface area contributed by atoms with Gasteiger partial charge in [-0.05, 0) is 49.9 Å². The van der Waals surface area contributed by atoms with Crippen LogP contribution in [0.15, 0.2) is 47.9 Å². The zero-order valence-corrected chi connectivity index (χ0v) is 29.1. The summed E-state index contributed by atoms with van der Waals surface area (Å²) in [6.07, 6.45) is 19.3. The van der Waals surface area contributed by atoms with Crippen LogP contribution in [0, 0.1) is 0 Å². The zero-order valence-electron chi connectivity index (χ0n) is 29.1. The second-order valence-electron chi connectivity index (χ2n) is 13.1. The van der Waals surface area contributed by atoms with Crippen molar-refractivity contribution in [1.82, 2.24) is 0 Å². The molecule has 0 unspecified atom stereocenters. The van der Waals surface area contributed by atoms with Crippen LogP contribution in [0.1, 0.15) is 151 Å². The van der Waals surface area contributed by atoms with Crippen LogP contribution in [0.3, 0.4) is 0 Å². The summed E-state index contributed by atoms with van der Waals surface area (Å²) in [5.41, 5.74) is 3.11. The molecular weight excluding hydrogens is 572 g/mol. The Kier molecular flexibility index (Phi) is 14.5. The summed E-state index contributed by atoms with van der Waals surface area (Å²) in [4.78, 5) is 31.9. The van der Waals surface area contributed by atoms with E-state index in [0.29, 0.717) is 22.6 Å². The third kappa shape index (κ3) is 9.39. The first-order chi connectivity index (χ1) is 22.5. The first kappa shape index (κ1) is 35.6. The molecule has 0 saturated heterocycles. The fraction of sp³-hybridized carbons (Fsp3) is 0.600. The van der Waals surface area contributed by atoms with Crippen molar-refractivity contribution in [3.05, 3.63) is 59.0 Å². The molecule has 0 atom stereocenters. The molecule has 4 rings (SSSR count). The van der Waals surface area contributed by atoms with E-state index in [1.165, 1.54) is 77.0 Å². The summed E-state index contributed by atoms with van der Waals surface area (Å²) in [5.74, 6) is 0.449. The van der Waals surface area contributed by atoms with E-state index in [4.69, 9.17) is 9.47 Å². The fourth-order valence-electron chi connectivity index (χ4n) is 6.47. The maximum Gasteiger partial charge on any atom is 0.236 e. The average Bonchev–Trinajstić information content (AvgIpc) is 3.57. The molecule has 2 aromatic carbocycles. The number of ketones is 2. The maximum atomic E-state index is 13.5. The molecule has 46 heavy (non-hydrogen) atoms. The predicted octanol–water partition coefficient (Wildman–Crippen LogP) is 10.7. The highest BCUT2D eigenvalue weighted by Gasteiger charge is 2.39. The number of allylic oxidation sites excluding steroid dienone is 2. The first-order valence-electron chi connectivity index (χ1n) is 18.5. The van der Waals surface area contributed by atoms with Crippen LogP contribution in [0.4, 0.5) is 11.4 Å². The van der Waals surface area contributed by atoms with Gasteiger partial charge in [0.05, 0.1) is 11.1 Å². The van der Waals surface area contributed by atoms with Crippen molar-refractivity contribution in [2.45, 2.75) is 130 Å². The van der Waals surface area contributed by atoms with E-state index in [1.807, 2.05) is 36.4 Å². The quantitative estimate of drug-likeness (QED) is 0.0953. The van der Waals surface area contributed by atoms with Crippen molar-refractivity contribution in [3.8, 4) is 11.5 Å². The summed E-state index contributed by atoms with van der Waals surface area (Å²) in [6, 6.07) is 11.7. The Morgan fingerprint density at radius 1 is 0.457 bits per heavy atom. The van der Waals surface area contributed by atoms with E-state index in [-0.39, 0.29) is 23.1 Å². The minimum atomic E-state index is -0.288. The third-order valence-corrected chi connectivity index (χ3v) is 9.32. The van der Waals surface area contributed by atoms with Gasteiger partial charge in [0.25, 0.3) is 0 Å². The van der Waals surface area contributed by atoms with E-state index in [9.17, 15) is 9.59 Å². The summed E-state index contributed by atoms with van der Waals surface area (Å²) in [7, 11) is 0. The Bertz CT molecular complexity index is 1190. The van der Waals surface area contributed by atoms with Gasteiger partial charge in [0.1, 0.15) is 11.5 Å². The van der Waals surface area contributed by atoms with Crippen LogP contribution >= 0.6 is 0 Å². The van der Waals surface area contributed by atoms with Gasteiger partial charge in [-0.2, -0.15) is 0 Å². The zero-order chi connectivity index (χ0) is 32.7. The molecule has 252 valence electrons. The highest BCUT2D eigenvalue weighted by Crippen LogP contribution is 2.41.